The Morgan fingerprint density at radius 3 is 2.89 bits per heavy atom. The van der Waals surface area contributed by atoms with Crippen molar-refractivity contribution in [3.63, 3.8) is 0 Å². The van der Waals surface area contributed by atoms with Crippen molar-refractivity contribution in [2.45, 2.75) is 12.8 Å². The van der Waals surface area contributed by atoms with Crippen LogP contribution in [-0.4, -0.2) is 20.7 Å². The van der Waals surface area contributed by atoms with Crippen molar-refractivity contribution in [1.82, 2.24) is 14.8 Å². The van der Waals surface area contributed by atoms with Crippen LogP contribution in [0, 0.1) is 11.6 Å². The zero-order valence-corrected chi connectivity index (χ0v) is 10.2. The second-order valence-corrected chi connectivity index (χ2v) is 4.05. The van der Waals surface area contributed by atoms with Gasteiger partial charge in [0, 0.05) is 13.5 Å². The number of nitrogens with one attached hydrogen (secondary N) is 1. The summed E-state index contributed by atoms with van der Waals surface area (Å²) in [6.07, 6.45) is 1.60. The molecule has 0 spiro atoms. The Balaban J connectivity index is 1.93. The number of nitrogens with zero attached hydrogens (tertiary/aromatic N) is 3. The first kappa shape index (κ1) is 13.1. The predicted octanol–water partition coefficient (Wildman–Crippen LogP) is 1.66. The third-order valence-corrected chi connectivity index (χ3v) is 2.59. The number of rotatable bonds is 4. The second-order valence-electron chi connectivity index (χ2n) is 4.05. The SMILES string of the molecule is Cn1cnnc1NC(=O)CCc1cc(F)ccc1F. The Hall–Kier alpha value is -2.31. The molecule has 1 amide bonds. The summed E-state index contributed by atoms with van der Waals surface area (Å²) in [4.78, 5) is 11.6. The number of hydrogen-bond acceptors (Lipinski definition) is 3. The van der Waals surface area contributed by atoms with E-state index >= 15 is 0 Å². The average molecular weight is 266 g/mol. The van der Waals surface area contributed by atoms with Crippen LogP contribution in [0.3, 0.4) is 0 Å². The zero-order chi connectivity index (χ0) is 13.8. The van der Waals surface area contributed by atoms with E-state index in [2.05, 4.69) is 15.5 Å². The molecule has 0 aliphatic rings. The summed E-state index contributed by atoms with van der Waals surface area (Å²) >= 11 is 0. The number of hydrogen-bond donors (Lipinski definition) is 1. The van der Waals surface area contributed by atoms with Gasteiger partial charge in [0.1, 0.15) is 18.0 Å². The van der Waals surface area contributed by atoms with Gasteiger partial charge in [-0.25, -0.2) is 8.78 Å². The van der Waals surface area contributed by atoms with Crippen molar-refractivity contribution in [1.29, 1.82) is 0 Å². The van der Waals surface area contributed by atoms with Crippen molar-refractivity contribution < 1.29 is 13.6 Å². The molecule has 2 rings (SSSR count). The molecule has 0 bridgehead atoms. The van der Waals surface area contributed by atoms with Crippen LogP contribution in [0.1, 0.15) is 12.0 Å². The van der Waals surface area contributed by atoms with E-state index in [0.29, 0.717) is 5.95 Å². The van der Waals surface area contributed by atoms with Crippen molar-refractivity contribution in [2.75, 3.05) is 5.32 Å². The zero-order valence-electron chi connectivity index (χ0n) is 10.2. The van der Waals surface area contributed by atoms with Crippen LogP contribution in [-0.2, 0) is 18.3 Å². The van der Waals surface area contributed by atoms with Gasteiger partial charge in [0.25, 0.3) is 0 Å². The van der Waals surface area contributed by atoms with E-state index in [0.717, 1.165) is 18.2 Å². The Morgan fingerprint density at radius 2 is 2.21 bits per heavy atom. The molecule has 0 saturated carbocycles. The highest BCUT2D eigenvalue weighted by Crippen LogP contribution is 2.12. The average Bonchev–Trinajstić information content (AvgIpc) is 2.76. The van der Waals surface area contributed by atoms with Crippen LogP contribution >= 0.6 is 0 Å². The molecule has 0 fully saturated rings. The molecular formula is C12H12F2N4O. The molecule has 0 atom stereocenters. The lowest BCUT2D eigenvalue weighted by molar-refractivity contribution is -0.116. The quantitative estimate of drug-likeness (QED) is 0.915. The van der Waals surface area contributed by atoms with E-state index in [1.807, 2.05) is 0 Å². The smallest absolute Gasteiger partial charge is 0.230 e. The number of amides is 1. The lowest BCUT2D eigenvalue weighted by atomic mass is 10.1. The van der Waals surface area contributed by atoms with Crippen molar-refractivity contribution in [2.24, 2.45) is 7.05 Å². The van der Waals surface area contributed by atoms with E-state index in [1.54, 1.807) is 11.6 Å². The topological polar surface area (TPSA) is 59.8 Å². The van der Waals surface area contributed by atoms with Gasteiger partial charge in [-0.3, -0.25) is 10.1 Å². The molecule has 1 heterocycles. The standard InChI is InChI=1S/C12H12F2N4O/c1-18-7-15-17-12(18)16-11(19)5-2-8-6-9(13)3-4-10(8)14/h3-4,6-7H,2,5H2,1H3,(H,16,17,19). The van der Waals surface area contributed by atoms with E-state index < -0.39 is 11.6 Å². The number of anilines is 1. The summed E-state index contributed by atoms with van der Waals surface area (Å²) in [7, 11) is 1.68. The largest absolute Gasteiger partial charge is 0.303 e. The van der Waals surface area contributed by atoms with Gasteiger partial charge in [0.15, 0.2) is 0 Å². The van der Waals surface area contributed by atoms with Crippen LogP contribution in [0.15, 0.2) is 24.5 Å². The summed E-state index contributed by atoms with van der Waals surface area (Å²) in [5.41, 5.74) is 0.174. The maximum Gasteiger partial charge on any atom is 0.230 e. The Labute approximate surface area is 108 Å². The molecule has 0 unspecified atom stereocenters. The van der Waals surface area contributed by atoms with Crippen LogP contribution < -0.4 is 5.32 Å². The maximum absolute atomic E-state index is 13.3. The van der Waals surface area contributed by atoms with E-state index in [4.69, 9.17) is 0 Å². The molecule has 7 heteroatoms. The molecule has 0 aliphatic carbocycles. The first-order valence-electron chi connectivity index (χ1n) is 5.64. The van der Waals surface area contributed by atoms with Crippen molar-refractivity contribution in [3.8, 4) is 0 Å². The fraction of sp³-hybridized carbons (Fsp3) is 0.250. The van der Waals surface area contributed by atoms with Crippen LogP contribution in [0.5, 0.6) is 0 Å². The summed E-state index contributed by atoms with van der Waals surface area (Å²) in [6, 6.07) is 3.18. The Kier molecular flexibility index (Phi) is 3.84. The molecule has 1 aromatic carbocycles. The number of carbonyl (C=O) groups is 1. The number of halogens is 2. The van der Waals surface area contributed by atoms with Gasteiger partial charge >= 0.3 is 0 Å². The Bertz CT molecular complexity index is 597. The normalized spacial score (nSPS) is 10.5. The molecule has 100 valence electrons. The molecule has 5 nitrogen and oxygen atoms in total. The lowest BCUT2D eigenvalue weighted by Gasteiger charge is -2.05. The molecule has 0 aliphatic heterocycles. The van der Waals surface area contributed by atoms with Gasteiger partial charge in [-0.15, -0.1) is 10.2 Å². The van der Waals surface area contributed by atoms with Crippen LogP contribution in [0.4, 0.5) is 14.7 Å². The van der Waals surface area contributed by atoms with Gasteiger partial charge in [0.2, 0.25) is 11.9 Å². The third-order valence-electron chi connectivity index (χ3n) is 2.59. The highest BCUT2D eigenvalue weighted by Gasteiger charge is 2.09. The summed E-state index contributed by atoms with van der Waals surface area (Å²) in [5.74, 6) is -1.07. The van der Waals surface area contributed by atoms with E-state index in [-0.39, 0.29) is 24.3 Å². The minimum absolute atomic E-state index is 0.0350. The van der Waals surface area contributed by atoms with Gasteiger partial charge < -0.3 is 4.57 Å². The van der Waals surface area contributed by atoms with Gasteiger partial charge in [-0.2, -0.15) is 0 Å². The Morgan fingerprint density at radius 1 is 1.42 bits per heavy atom. The van der Waals surface area contributed by atoms with Gasteiger partial charge in [-0.05, 0) is 30.2 Å². The first-order chi connectivity index (χ1) is 9.06. The molecule has 0 radical (unpaired) electrons. The predicted molar refractivity (Wildman–Crippen MR) is 64.3 cm³/mol. The van der Waals surface area contributed by atoms with Crippen LogP contribution in [0.2, 0.25) is 0 Å². The number of benzene rings is 1. The molecular weight excluding hydrogens is 254 g/mol. The van der Waals surface area contributed by atoms with E-state index in [9.17, 15) is 13.6 Å². The van der Waals surface area contributed by atoms with Crippen LogP contribution in [0.25, 0.3) is 0 Å². The molecule has 2 aromatic rings. The second kappa shape index (κ2) is 5.55. The monoisotopic (exact) mass is 266 g/mol. The number of carbonyl (C=O) groups excluding carboxylic acids is 1. The fourth-order valence-corrected chi connectivity index (χ4v) is 1.57. The highest BCUT2D eigenvalue weighted by molar-refractivity contribution is 5.89. The van der Waals surface area contributed by atoms with Crippen molar-refractivity contribution in [3.05, 3.63) is 41.7 Å². The summed E-state index contributed by atoms with van der Waals surface area (Å²) in [5, 5.41) is 9.83. The van der Waals surface area contributed by atoms with E-state index in [1.165, 1.54) is 6.33 Å². The first-order valence-corrected chi connectivity index (χ1v) is 5.64. The summed E-state index contributed by atoms with van der Waals surface area (Å²) in [6.45, 7) is 0. The number of aryl methyl sites for hydroxylation is 2. The lowest BCUT2D eigenvalue weighted by Crippen LogP contribution is -2.15. The molecule has 0 saturated heterocycles. The van der Waals surface area contributed by atoms with Gasteiger partial charge in [-0.1, -0.05) is 0 Å². The third kappa shape index (κ3) is 3.34. The minimum atomic E-state index is -0.523. The maximum atomic E-state index is 13.3. The highest BCUT2D eigenvalue weighted by atomic mass is 19.1. The molecule has 1 aromatic heterocycles. The number of aromatic nitrogens is 3. The van der Waals surface area contributed by atoms with Gasteiger partial charge in [0.05, 0.1) is 0 Å². The fourth-order valence-electron chi connectivity index (χ4n) is 1.57. The summed E-state index contributed by atoms with van der Waals surface area (Å²) < 4.78 is 27.8. The molecule has 1 N–H and O–H groups in total. The molecule has 19 heavy (non-hydrogen) atoms. The van der Waals surface area contributed by atoms with Crippen molar-refractivity contribution >= 4 is 11.9 Å². The minimum Gasteiger partial charge on any atom is -0.303 e.